The van der Waals surface area contributed by atoms with Crippen molar-refractivity contribution < 1.29 is 4.74 Å². The summed E-state index contributed by atoms with van der Waals surface area (Å²) in [4.78, 5) is 2.32. The first kappa shape index (κ1) is 22.9. The summed E-state index contributed by atoms with van der Waals surface area (Å²) in [6.45, 7) is 0. The van der Waals surface area contributed by atoms with Crippen LogP contribution in [0.25, 0.3) is 32.3 Å². The first-order chi connectivity index (χ1) is 19.2. The van der Waals surface area contributed by atoms with Crippen LogP contribution >= 0.6 is 0 Å². The van der Waals surface area contributed by atoms with Crippen molar-refractivity contribution in [3.8, 4) is 5.75 Å². The number of ether oxygens (including phenoxy) is 1. The lowest BCUT2D eigenvalue weighted by Crippen LogP contribution is -2.10. The molecule has 0 aliphatic carbocycles. The molecule has 0 radical (unpaired) electrons. The van der Waals surface area contributed by atoms with Crippen molar-refractivity contribution in [3.63, 3.8) is 0 Å². The smallest absolute Gasteiger partial charge is 0.119 e. The van der Waals surface area contributed by atoms with Gasteiger partial charge in [-0.3, -0.25) is 0 Å². The topological polar surface area (TPSA) is 50.5 Å². The largest absolute Gasteiger partial charge is 0.497 e. The molecular formula is C35H27N3O. The normalized spacial score (nSPS) is 11.3. The molecule has 0 bridgehead atoms. The molecule has 0 unspecified atom stereocenters. The van der Waals surface area contributed by atoms with Crippen molar-refractivity contribution in [2.75, 3.05) is 23.1 Å². The summed E-state index contributed by atoms with van der Waals surface area (Å²) in [5.41, 5.74) is 11.9. The molecule has 0 aromatic heterocycles. The van der Waals surface area contributed by atoms with Crippen LogP contribution in [0.1, 0.15) is 0 Å². The number of nitrogens with two attached hydrogens (primary N) is 1. The van der Waals surface area contributed by atoms with Gasteiger partial charge < -0.3 is 20.7 Å². The Labute approximate surface area is 227 Å². The number of hydrogen-bond acceptors (Lipinski definition) is 4. The molecule has 0 aliphatic heterocycles. The van der Waals surface area contributed by atoms with Gasteiger partial charge in [0.05, 0.1) is 12.8 Å². The number of anilines is 6. The van der Waals surface area contributed by atoms with Gasteiger partial charge in [0.15, 0.2) is 0 Å². The van der Waals surface area contributed by atoms with E-state index in [1.165, 1.54) is 32.3 Å². The zero-order valence-corrected chi connectivity index (χ0v) is 21.6. The second-order valence-corrected chi connectivity index (χ2v) is 9.77. The van der Waals surface area contributed by atoms with Gasteiger partial charge in [-0.2, -0.15) is 0 Å². The summed E-state index contributed by atoms with van der Waals surface area (Å²) in [6, 6.07) is 44.5. The van der Waals surface area contributed by atoms with Crippen LogP contribution in [0.2, 0.25) is 0 Å². The quantitative estimate of drug-likeness (QED) is 0.175. The van der Waals surface area contributed by atoms with Crippen molar-refractivity contribution in [3.05, 3.63) is 127 Å². The Morgan fingerprint density at radius 2 is 1.10 bits per heavy atom. The van der Waals surface area contributed by atoms with Gasteiger partial charge in [0.25, 0.3) is 0 Å². The Bertz CT molecular complexity index is 1890. The number of nitrogens with one attached hydrogen (secondary N) is 1. The zero-order chi connectivity index (χ0) is 26.3. The molecule has 4 heteroatoms. The first-order valence-corrected chi connectivity index (χ1v) is 13.0. The van der Waals surface area contributed by atoms with E-state index in [-0.39, 0.29) is 0 Å². The van der Waals surface area contributed by atoms with Gasteiger partial charge in [0, 0.05) is 33.8 Å². The Balaban J connectivity index is 1.38. The number of benzene rings is 7. The molecule has 0 heterocycles. The van der Waals surface area contributed by atoms with Crippen molar-refractivity contribution in [2.24, 2.45) is 0 Å². The highest BCUT2D eigenvalue weighted by Gasteiger charge is 2.18. The fourth-order valence-electron chi connectivity index (χ4n) is 5.50. The Morgan fingerprint density at radius 1 is 0.564 bits per heavy atom. The van der Waals surface area contributed by atoms with E-state index in [1.807, 2.05) is 36.4 Å². The second-order valence-electron chi connectivity index (χ2n) is 9.77. The Kier molecular flexibility index (Phi) is 5.45. The minimum atomic E-state index is 0.749. The van der Waals surface area contributed by atoms with Gasteiger partial charge in [-0.15, -0.1) is 0 Å². The van der Waals surface area contributed by atoms with E-state index in [9.17, 15) is 0 Å². The molecule has 0 spiro atoms. The van der Waals surface area contributed by atoms with Crippen LogP contribution in [0, 0.1) is 0 Å². The van der Waals surface area contributed by atoms with E-state index >= 15 is 0 Å². The van der Waals surface area contributed by atoms with E-state index in [0.717, 1.165) is 39.9 Å². The first-order valence-electron chi connectivity index (χ1n) is 13.0. The molecule has 3 N–H and O–H groups in total. The number of nitrogens with zero attached hydrogens (tertiary/aromatic N) is 1. The van der Waals surface area contributed by atoms with Crippen LogP contribution in [0.5, 0.6) is 5.75 Å². The van der Waals surface area contributed by atoms with Crippen molar-refractivity contribution in [1.29, 1.82) is 0 Å². The highest BCUT2D eigenvalue weighted by molar-refractivity contribution is 6.25. The maximum atomic E-state index is 5.85. The monoisotopic (exact) mass is 505 g/mol. The van der Waals surface area contributed by atoms with Gasteiger partial charge in [-0.05, 0) is 106 Å². The second kappa shape index (κ2) is 9.26. The van der Waals surface area contributed by atoms with Gasteiger partial charge in [0.1, 0.15) is 5.75 Å². The maximum absolute atomic E-state index is 5.85. The third kappa shape index (κ3) is 4.03. The summed E-state index contributed by atoms with van der Waals surface area (Å²) >= 11 is 0. The molecule has 0 amide bonds. The summed E-state index contributed by atoms with van der Waals surface area (Å²) < 4.78 is 5.45. The number of hydrogen-bond donors (Lipinski definition) is 2. The summed E-state index contributed by atoms with van der Waals surface area (Å²) in [5.74, 6) is 0.831. The molecule has 0 atom stereocenters. The van der Waals surface area contributed by atoms with Gasteiger partial charge in [0.2, 0.25) is 0 Å². The lowest BCUT2D eigenvalue weighted by molar-refractivity contribution is 0.415. The molecule has 0 fully saturated rings. The van der Waals surface area contributed by atoms with Crippen LogP contribution in [-0.4, -0.2) is 7.11 Å². The Morgan fingerprint density at radius 3 is 1.74 bits per heavy atom. The van der Waals surface area contributed by atoms with Gasteiger partial charge in [-0.25, -0.2) is 0 Å². The lowest BCUT2D eigenvalue weighted by Gasteiger charge is -2.28. The third-order valence-corrected chi connectivity index (χ3v) is 7.40. The van der Waals surface area contributed by atoms with Crippen LogP contribution in [0.3, 0.4) is 0 Å². The van der Waals surface area contributed by atoms with Crippen LogP contribution in [-0.2, 0) is 0 Å². The van der Waals surface area contributed by atoms with Crippen LogP contribution in [0.4, 0.5) is 34.1 Å². The third-order valence-electron chi connectivity index (χ3n) is 7.40. The summed E-state index contributed by atoms with van der Waals surface area (Å²) in [6.07, 6.45) is 0. The predicted molar refractivity (Wildman–Crippen MR) is 166 cm³/mol. The van der Waals surface area contributed by atoms with E-state index in [1.54, 1.807) is 7.11 Å². The number of methoxy groups -OCH3 is 1. The SMILES string of the molecule is COc1ccc(N(c2ccc(Nc3ccc(N)cc3)cc2)c2ccc3ccc4cccc5ccc2c3c45)cc1. The van der Waals surface area contributed by atoms with Gasteiger partial charge in [-0.1, -0.05) is 48.5 Å². The lowest BCUT2D eigenvalue weighted by atomic mass is 9.93. The average molecular weight is 506 g/mol. The summed E-state index contributed by atoms with van der Waals surface area (Å²) in [5, 5.41) is 11.1. The summed E-state index contributed by atoms with van der Waals surface area (Å²) in [7, 11) is 1.69. The van der Waals surface area contributed by atoms with Gasteiger partial charge >= 0.3 is 0 Å². The fourth-order valence-corrected chi connectivity index (χ4v) is 5.50. The standard InChI is InChI=1S/C35H27N3O/c1-39-31-19-17-30(18-20-31)38(29-15-13-28(14-16-29)37-27-11-9-26(36)10-12-27)33-22-8-25-6-5-23-3-2-4-24-7-21-32(33)35(25)34(23)24/h2-22,37H,36H2,1H3. The highest BCUT2D eigenvalue weighted by Crippen LogP contribution is 2.44. The molecule has 0 saturated carbocycles. The molecule has 0 saturated heterocycles. The van der Waals surface area contributed by atoms with Crippen molar-refractivity contribution in [2.45, 2.75) is 0 Å². The molecule has 188 valence electrons. The van der Waals surface area contributed by atoms with E-state index in [0.29, 0.717) is 0 Å². The van der Waals surface area contributed by atoms with E-state index in [2.05, 4.69) is 101 Å². The fraction of sp³-hybridized carbons (Fsp3) is 0.0286. The molecule has 7 rings (SSSR count). The highest BCUT2D eigenvalue weighted by atomic mass is 16.5. The minimum Gasteiger partial charge on any atom is -0.497 e. The molecular weight excluding hydrogens is 478 g/mol. The Hall–Kier alpha value is -5.22. The van der Waals surface area contributed by atoms with E-state index < -0.39 is 0 Å². The molecule has 39 heavy (non-hydrogen) atoms. The maximum Gasteiger partial charge on any atom is 0.119 e. The zero-order valence-electron chi connectivity index (χ0n) is 21.6. The number of nitrogen functional groups attached to an aromatic ring is 1. The molecule has 7 aromatic carbocycles. The van der Waals surface area contributed by atoms with Crippen molar-refractivity contribution >= 4 is 66.4 Å². The number of rotatable bonds is 6. The predicted octanol–water partition coefficient (Wildman–Crippen LogP) is 9.39. The van der Waals surface area contributed by atoms with E-state index in [4.69, 9.17) is 10.5 Å². The molecule has 7 aromatic rings. The minimum absolute atomic E-state index is 0.749. The molecule has 4 nitrogen and oxygen atoms in total. The van der Waals surface area contributed by atoms with Crippen LogP contribution < -0.4 is 20.7 Å². The van der Waals surface area contributed by atoms with Crippen LogP contribution in [0.15, 0.2) is 127 Å². The average Bonchev–Trinajstić information content (AvgIpc) is 2.99. The van der Waals surface area contributed by atoms with Crippen molar-refractivity contribution in [1.82, 2.24) is 0 Å². The molecule has 0 aliphatic rings.